The number of ether oxygens (including phenoxy) is 2. The van der Waals surface area contributed by atoms with E-state index < -0.39 is 5.97 Å². The van der Waals surface area contributed by atoms with Crippen LogP contribution < -0.4 is 4.74 Å². The number of carbonyl (C=O) groups excluding carboxylic acids is 1. The van der Waals surface area contributed by atoms with Gasteiger partial charge in [0.1, 0.15) is 17.9 Å². The van der Waals surface area contributed by atoms with Crippen LogP contribution in [0, 0.1) is 0 Å². The number of benzene rings is 2. The number of hydrogen-bond acceptors (Lipinski definition) is 5. The van der Waals surface area contributed by atoms with Crippen molar-refractivity contribution >= 4 is 48.7 Å². The molecule has 0 radical (unpaired) electrons. The monoisotopic (exact) mass is 465 g/mol. The lowest BCUT2D eigenvalue weighted by Gasteiger charge is -2.14. The number of esters is 1. The maximum absolute atomic E-state index is 11.9. The predicted molar refractivity (Wildman–Crippen MR) is 101 cm³/mol. The van der Waals surface area contributed by atoms with Crippen molar-refractivity contribution in [2.45, 2.75) is 6.61 Å². The Kier molecular flexibility index (Phi) is 5.24. The first-order valence-corrected chi connectivity index (χ1v) is 8.87. The highest BCUT2D eigenvalue weighted by molar-refractivity contribution is 9.11. The molecule has 1 N–H and O–H groups in total. The maximum Gasteiger partial charge on any atom is 0.358 e. The molecule has 0 aliphatic heterocycles. The number of methoxy groups -OCH3 is 1. The Morgan fingerprint density at radius 2 is 1.88 bits per heavy atom. The maximum atomic E-state index is 11.9. The first-order valence-electron chi connectivity index (χ1n) is 7.28. The van der Waals surface area contributed by atoms with E-state index in [1.165, 1.54) is 7.11 Å². The minimum atomic E-state index is -0.655. The summed E-state index contributed by atoms with van der Waals surface area (Å²) in [4.78, 5) is 16.3. The lowest BCUT2D eigenvalue weighted by molar-refractivity contribution is 0.0593. The number of fused-ring (bicyclic) bond motifs is 1. The van der Waals surface area contributed by atoms with Crippen LogP contribution in [0.3, 0.4) is 0 Å². The van der Waals surface area contributed by atoms with Gasteiger partial charge < -0.3 is 14.6 Å². The second kappa shape index (κ2) is 7.41. The van der Waals surface area contributed by atoms with E-state index in [1.54, 1.807) is 12.1 Å². The SMILES string of the molecule is COC(=O)c1nc2c(OCc3ccccc3)c(Br)ccc2c(O)c1Br. The average molecular weight is 467 g/mol. The Morgan fingerprint density at radius 3 is 2.56 bits per heavy atom. The van der Waals surface area contributed by atoms with E-state index in [1.807, 2.05) is 30.3 Å². The van der Waals surface area contributed by atoms with E-state index in [-0.39, 0.29) is 15.9 Å². The lowest BCUT2D eigenvalue weighted by Crippen LogP contribution is -2.07. The highest BCUT2D eigenvalue weighted by Crippen LogP contribution is 2.41. The fourth-order valence-electron chi connectivity index (χ4n) is 2.34. The van der Waals surface area contributed by atoms with Gasteiger partial charge in [-0.3, -0.25) is 0 Å². The average Bonchev–Trinajstić information content (AvgIpc) is 2.64. The lowest BCUT2D eigenvalue weighted by atomic mass is 10.1. The van der Waals surface area contributed by atoms with Gasteiger partial charge in [-0.05, 0) is 49.6 Å². The number of aromatic hydroxyl groups is 1. The molecule has 5 nitrogen and oxygen atoms in total. The van der Waals surface area contributed by atoms with E-state index in [4.69, 9.17) is 9.47 Å². The molecule has 0 amide bonds. The largest absolute Gasteiger partial charge is 0.506 e. The molecule has 0 spiro atoms. The van der Waals surface area contributed by atoms with E-state index in [0.717, 1.165) is 5.56 Å². The summed E-state index contributed by atoms with van der Waals surface area (Å²) in [6.07, 6.45) is 0. The molecular formula is C18H13Br2NO4. The summed E-state index contributed by atoms with van der Waals surface area (Å²) in [6, 6.07) is 13.1. The van der Waals surface area contributed by atoms with Gasteiger partial charge in [0.2, 0.25) is 0 Å². The molecular weight excluding hydrogens is 454 g/mol. The van der Waals surface area contributed by atoms with Crippen molar-refractivity contribution in [3.8, 4) is 11.5 Å². The molecule has 0 saturated carbocycles. The zero-order valence-electron chi connectivity index (χ0n) is 13.1. The van der Waals surface area contributed by atoms with Crippen LogP contribution in [-0.2, 0) is 11.3 Å². The normalized spacial score (nSPS) is 10.7. The molecule has 0 atom stereocenters. The first-order chi connectivity index (χ1) is 12.0. The summed E-state index contributed by atoms with van der Waals surface area (Å²) in [5.74, 6) is -0.310. The van der Waals surface area contributed by atoms with Gasteiger partial charge in [0.05, 0.1) is 16.1 Å². The molecule has 3 rings (SSSR count). The third kappa shape index (κ3) is 3.48. The van der Waals surface area contributed by atoms with Crippen LogP contribution in [0.25, 0.3) is 10.9 Å². The molecule has 1 heterocycles. The molecule has 2 aromatic carbocycles. The third-order valence-electron chi connectivity index (χ3n) is 3.58. The van der Waals surface area contributed by atoms with Crippen molar-refractivity contribution in [1.29, 1.82) is 0 Å². The molecule has 0 unspecified atom stereocenters. The van der Waals surface area contributed by atoms with Crippen LogP contribution in [0.5, 0.6) is 11.5 Å². The summed E-state index contributed by atoms with van der Waals surface area (Å²) < 4.78 is 11.5. The highest BCUT2D eigenvalue weighted by atomic mass is 79.9. The summed E-state index contributed by atoms with van der Waals surface area (Å²) in [7, 11) is 1.26. The van der Waals surface area contributed by atoms with E-state index in [2.05, 4.69) is 36.8 Å². The summed E-state index contributed by atoms with van der Waals surface area (Å²) in [5, 5.41) is 10.9. The molecule has 0 aliphatic rings. The van der Waals surface area contributed by atoms with Crippen molar-refractivity contribution in [1.82, 2.24) is 4.98 Å². The minimum absolute atomic E-state index is 0.0184. The standard InChI is InChI=1S/C18H13Br2NO4/c1-24-18(23)15-13(20)16(22)11-7-8-12(19)17(14(11)21-15)25-9-10-5-3-2-4-6-10/h2-8H,9H2,1H3,(H,21,22). The summed E-state index contributed by atoms with van der Waals surface area (Å²) in [6.45, 7) is 0.324. The number of pyridine rings is 1. The predicted octanol–water partition coefficient (Wildman–Crippen LogP) is 4.83. The van der Waals surface area contributed by atoms with Crippen molar-refractivity contribution in [3.63, 3.8) is 0 Å². The van der Waals surface area contributed by atoms with Crippen LogP contribution in [0.2, 0.25) is 0 Å². The van der Waals surface area contributed by atoms with Crippen LogP contribution in [0.4, 0.5) is 0 Å². The first kappa shape index (κ1) is 17.7. The fourth-order valence-corrected chi connectivity index (χ4v) is 3.24. The van der Waals surface area contributed by atoms with Gasteiger partial charge in [-0.2, -0.15) is 0 Å². The molecule has 25 heavy (non-hydrogen) atoms. The van der Waals surface area contributed by atoms with Crippen molar-refractivity contribution in [2.75, 3.05) is 7.11 Å². The highest BCUT2D eigenvalue weighted by Gasteiger charge is 2.22. The smallest absolute Gasteiger partial charge is 0.358 e. The number of nitrogens with zero attached hydrogens (tertiary/aromatic N) is 1. The molecule has 128 valence electrons. The molecule has 0 bridgehead atoms. The van der Waals surface area contributed by atoms with Gasteiger partial charge in [-0.1, -0.05) is 30.3 Å². The molecule has 3 aromatic rings. The van der Waals surface area contributed by atoms with E-state index in [0.29, 0.717) is 27.7 Å². The minimum Gasteiger partial charge on any atom is -0.506 e. The van der Waals surface area contributed by atoms with Gasteiger partial charge in [-0.25, -0.2) is 9.78 Å². The summed E-state index contributed by atoms with van der Waals surface area (Å²) >= 11 is 6.63. The Morgan fingerprint density at radius 1 is 1.16 bits per heavy atom. The Hall–Kier alpha value is -2.12. The van der Waals surface area contributed by atoms with Crippen molar-refractivity contribution in [2.24, 2.45) is 0 Å². The molecule has 0 aliphatic carbocycles. The second-order valence-electron chi connectivity index (χ2n) is 5.16. The van der Waals surface area contributed by atoms with Crippen molar-refractivity contribution in [3.05, 3.63) is 62.7 Å². The molecule has 0 saturated heterocycles. The molecule has 1 aromatic heterocycles. The number of hydrogen-bond donors (Lipinski definition) is 1. The molecule has 0 fully saturated rings. The number of carbonyl (C=O) groups is 1. The Bertz CT molecular complexity index is 945. The van der Waals surface area contributed by atoms with E-state index in [9.17, 15) is 9.90 Å². The zero-order valence-corrected chi connectivity index (χ0v) is 16.3. The van der Waals surface area contributed by atoms with Crippen LogP contribution >= 0.6 is 31.9 Å². The fraction of sp³-hybridized carbons (Fsp3) is 0.111. The van der Waals surface area contributed by atoms with Gasteiger partial charge in [0.15, 0.2) is 11.4 Å². The quantitative estimate of drug-likeness (QED) is 0.557. The zero-order chi connectivity index (χ0) is 18.0. The van der Waals surface area contributed by atoms with Gasteiger partial charge >= 0.3 is 5.97 Å². The number of aromatic nitrogens is 1. The Balaban J connectivity index is 2.12. The van der Waals surface area contributed by atoms with Gasteiger partial charge in [0, 0.05) is 5.39 Å². The van der Waals surface area contributed by atoms with E-state index >= 15 is 0 Å². The number of rotatable bonds is 4. The molecule has 7 heteroatoms. The van der Waals surface area contributed by atoms with Gasteiger partial charge in [0.25, 0.3) is 0 Å². The third-order valence-corrected chi connectivity index (χ3v) is 4.96. The van der Waals surface area contributed by atoms with Crippen LogP contribution in [-0.4, -0.2) is 23.2 Å². The Labute approximate surface area is 160 Å². The summed E-state index contributed by atoms with van der Waals surface area (Å²) in [5.41, 5.74) is 1.34. The van der Waals surface area contributed by atoms with Gasteiger partial charge in [-0.15, -0.1) is 0 Å². The topological polar surface area (TPSA) is 68.7 Å². The van der Waals surface area contributed by atoms with Crippen LogP contribution in [0.1, 0.15) is 16.1 Å². The van der Waals surface area contributed by atoms with Crippen LogP contribution in [0.15, 0.2) is 51.4 Å². The number of halogens is 2. The second-order valence-corrected chi connectivity index (χ2v) is 6.81. The van der Waals surface area contributed by atoms with Crippen molar-refractivity contribution < 1.29 is 19.4 Å².